The van der Waals surface area contributed by atoms with Gasteiger partial charge in [-0.15, -0.1) is 0 Å². The molecule has 0 aliphatic rings. The Balaban J connectivity index is 2.14. The van der Waals surface area contributed by atoms with Crippen molar-refractivity contribution in [2.75, 3.05) is 0 Å². The van der Waals surface area contributed by atoms with Gasteiger partial charge in [0.1, 0.15) is 12.1 Å². The lowest BCUT2D eigenvalue weighted by Crippen LogP contribution is -2.10. The fraction of sp³-hybridized carbons (Fsp3) is 0. The van der Waals surface area contributed by atoms with E-state index in [-0.39, 0.29) is 5.84 Å². The zero-order valence-electron chi connectivity index (χ0n) is 7.81. The SMILES string of the molecule is N=C(N)c1ccc(Sc2ncco2)cc1. The first-order valence-corrected chi connectivity index (χ1v) is 5.09. The number of nitrogens with zero attached hydrogens (tertiary/aromatic N) is 1. The summed E-state index contributed by atoms with van der Waals surface area (Å²) in [6.07, 6.45) is 3.14. The van der Waals surface area contributed by atoms with Crippen LogP contribution in [-0.2, 0) is 0 Å². The van der Waals surface area contributed by atoms with Crippen LogP contribution in [0.1, 0.15) is 5.56 Å². The second kappa shape index (κ2) is 4.18. The third kappa shape index (κ3) is 2.38. The Kier molecular flexibility index (Phi) is 2.73. The summed E-state index contributed by atoms with van der Waals surface area (Å²) in [7, 11) is 0. The van der Waals surface area contributed by atoms with Crippen molar-refractivity contribution in [2.24, 2.45) is 5.73 Å². The van der Waals surface area contributed by atoms with Gasteiger partial charge in [-0.1, -0.05) is 12.1 Å². The highest BCUT2D eigenvalue weighted by atomic mass is 32.2. The molecule has 0 aliphatic carbocycles. The maximum absolute atomic E-state index is 7.24. The lowest BCUT2D eigenvalue weighted by atomic mass is 10.2. The molecule has 0 fully saturated rings. The largest absolute Gasteiger partial charge is 0.440 e. The summed E-state index contributed by atoms with van der Waals surface area (Å²) < 4.78 is 5.10. The van der Waals surface area contributed by atoms with Crippen LogP contribution in [0.25, 0.3) is 0 Å². The van der Waals surface area contributed by atoms with Crippen LogP contribution < -0.4 is 5.73 Å². The Morgan fingerprint density at radius 1 is 1.33 bits per heavy atom. The highest BCUT2D eigenvalue weighted by molar-refractivity contribution is 7.99. The Labute approximate surface area is 91.0 Å². The fourth-order valence-corrected chi connectivity index (χ4v) is 1.76. The second-order valence-corrected chi connectivity index (χ2v) is 3.86. The third-order valence-corrected chi connectivity index (χ3v) is 2.66. The van der Waals surface area contributed by atoms with Gasteiger partial charge in [-0.25, -0.2) is 4.98 Å². The molecule has 1 heterocycles. The van der Waals surface area contributed by atoms with Crippen LogP contribution in [0.5, 0.6) is 0 Å². The van der Waals surface area contributed by atoms with E-state index in [1.54, 1.807) is 18.3 Å². The van der Waals surface area contributed by atoms with E-state index < -0.39 is 0 Å². The molecule has 0 aliphatic heterocycles. The van der Waals surface area contributed by atoms with Crippen molar-refractivity contribution >= 4 is 17.6 Å². The van der Waals surface area contributed by atoms with Gasteiger partial charge in [0, 0.05) is 10.5 Å². The average Bonchev–Trinajstić information content (AvgIpc) is 2.71. The topological polar surface area (TPSA) is 75.9 Å². The molecule has 1 aromatic carbocycles. The summed E-state index contributed by atoms with van der Waals surface area (Å²) >= 11 is 1.43. The van der Waals surface area contributed by atoms with Gasteiger partial charge >= 0.3 is 0 Å². The van der Waals surface area contributed by atoms with Crippen LogP contribution in [0.15, 0.2) is 51.3 Å². The van der Waals surface area contributed by atoms with Crippen molar-refractivity contribution in [3.8, 4) is 0 Å². The number of aromatic nitrogens is 1. The minimum absolute atomic E-state index is 0.0719. The molecule has 4 nitrogen and oxygen atoms in total. The van der Waals surface area contributed by atoms with E-state index in [4.69, 9.17) is 15.6 Å². The van der Waals surface area contributed by atoms with Gasteiger partial charge < -0.3 is 10.2 Å². The number of hydrogen-bond donors (Lipinski definition) is 2. The Bertz CT molecular complexity index is 450. The van der Waals surface area contributed by atoms with Crippen LogP contribution in [0.3, 0.4) is 0 Å². The van der Waals surface area contributed by atoms with Gasteiger partial charge in [-0.2, -0.15) is 0 Å². The van der Waals surface area contributed by atoms with Gasteiger partial charge in [0.2, 0.25) is 0 Å². The maximum Gasteiger partial charge on any atom is 0.260 e. The van der Waals surface area contributed by atoms with Gasteiger partial charge in [0.25, 0.3) is 5.22 Å². The van der Waals surface area contributed by atoms with E-state index >= 15 is 0 Å². The third-order valence-electron chi connectivity index (χ3n) is 1.78. The molecule has 0 atom stereocenters. The second-order valence-electron chi connectivity index (χ2n) is 2.84. The number of nitrogen functional groups attached to an aromatic ring is 1. The first kappa shape index (κ1) is 9.79. The molecule has 5 heteroatoms. The highest BCUT2D eigenvalue weighted by Crippen LogP contribution is 2.25. The molecule has 0 radical (unpaired) electrons. The molecular weight excluding hydrogens is 210 g/mol. The lowest BCUT2D eigenvalue weighted by Gasteiger charge is -1.99. The van der Waals surface area contributed by atoms with E-state index in [9.17, 15) is 0 Å². The van der Waals surface area contributed by atoms with E-state index in [0.717, 1.165) is 4.90 Å². The number of hydrogen-bond acceptors (Lipinski definition) is 4. The van der Waals surface area contributed by atoms with Crippen molar-refractivity contribution in [1.29, 1.82) is 5.41 Å². The van der Waals surface area contributed by atoms with Gasteiger partial charge in [0.05, 0.1) is 6.20 Å². The molecule has 0 amide bonds. The molecule has 2 rings (SSSR count). The van der Waals surface area contributed by atoms with E-state index in [2.05, 4.69) is 4.98 Å². The Morgan fingerprint density at radius 3 is 2.60 bits per heavy atom. The number of amidine groups is 1. The van der Waals surface area contributed by atoms with Crippen molar-refractivity contribution in [3.05, 3.63) is 42.3 Å². The van der Waals surface area contributed by atoms with Crippen molar-refractivity contribution < 1.29 is 4.42 Å². The summed E-state index contributed by atoms with van der Waals surface area (Å²) in [6.45, 7) is 0. The van der Waals surface area contributed by atoms with E-state index in [1.165, 1.54) is 18.0 Å². The smallest absolute Gasteiger partial charge is 0.260 e. The normalized spacial score (nSPS) is 10.1. The summed E-state index contributed by atoms with van der Waals surface area (Å²) in [5.41, 5.74) is 6.06. The van der Waals surface area contributed by atoms with Gasteiger partial charge in [-0.3, -0.25) is 5.41 Å². The van der Waals surface area contributed by atoms with Crippen LogP contribution in [0.2, 0.25) is 0 Å². The molecule has 1 aromatic heterocycles. The summed E-state index contributed by atoms with van der Waals surface area (Å²) in [6, 6.07) is 7.36. The minimum atomic E-state index is 0.0719. The quantitative estimate of drug-likeness (QED) is 0.612. The fourth-order valence-electron chi connectivity index (χ4n) is 1.06. The van der Waals surface area contributed by atoms with E-state index in [1.807, 2.05) is 12.1 Å². The molecule has 2 aromatic rings. The highest BCUT2D eigenvalue weighted by Gasteiger charge is 2.02. The molecule has 15 heavy (non-hydrogen) atoms. The average molecular weight is 219 g/mol. The van der Waals surface area contributed by atoms with Crippen LogP contribution in [0.4, 0.5) is 0 Å². The standard InChI is InChI=1S/C10H9N3OS/c11-9(12)7-1-3-8(4-2-7)15-10-13-5-6-14-10/h1-6H,(H3,11,12). The molecule has 0 saturated carbocycles. The predicted molar refractivity (Wildman–Crippen MR) is 58.1 cm³/mol. The zero-order chi connectivity index (χ0) is 10.7. The number of benzene rings is 1. The van der Waals surface area contributed by atoms with Crippen molar-refractivity contribution in [2.45, 2.75) is 10.1 Å². The molecule has 0 bridgehead atoms. The molecule has 3 N–H and O–H groups in total. The summed E-state index contributed by atoms with van der Waals surface area (Å²) in [5, 5.41) is 7.84. The van der Waals surface area contributed by atoms with E-state index in [0.29, 0.717) is 10.8 Å². The Morgan fingerprint density at radius 2 is 2.07 bits per heavy atom. The monoisotopic (exact) mass is 219 g/mol. The minimum Gasteiger partial charge on any atom is -0.440 e. The predicted octanol–water partition coefficient (Wildman–Crippen LogP) is 2.11. The van der Waals surface area contributed by atoms with Crippen LogP contribution >= 0.6 is 11.8 Å². The lowest BCUT2D eigenvalue weighted by molar-refractivity contribution is 0.454. The summed E-state index contributed by atoms with van der Waals surface area (Å²) in [4.78, 5) is 5.00. The molecule has 0 saturated heterocycles. The number of rotatable bonds is 3. The molecule has 76 valence electrons. The zero-order valence-corrected chi connectivity index (χ0v) is 8.62. The van der Waals surface area contributed by atoms with Gasteiger partial charge in [0.15, 0.2) is 0 Å². The number of nitrogens with one attached hydrogen (secondary N) is 1. The molecule has 0 unspecified atom stereocenters. The van der Waals surface area contributed by atoms with Crippen molar-refractivity contribution in [3.63, 3.8) is 0 Å². The van der Waals surface area contributed by atoms with Gasteiger partial charge in [-0.05, 0) is 23.9 Å². The summed E-state index contributed by atoms with van der Waals surface area (Å²) in [5.74, 6) is 0.0719. The first-order valence-electron chi connectivity index (χ1n) is 4.27. The van der Waals surface area contributed by atoms with Crippen molar-refractivity contribution in [1.82, 2.24) is 4.98 Å². The van der Waals surface area contributed by atoms with Crippen LogP contribution in [0, 0.1) is 5.41 Å². The molecule has 0 spiro atoms. The molecular formula is C10H9N3OS. The number of nitrogens with two attached hydrogens (primary N) is 1. The van der Waals surface area contributed by atoms with Crippen LogP contribution in [-0.4, -0.2) is 10.8 Å². The number of oxazole rings is 1. The first-order chi connectivity index (χ1) is 7.25. The maximum atomic E-state index is 7.24. The Hall–Kier alpha value is -1.75.